The monoisotopic (exact) mass is 386 g/mol. The Morgan fingerprint density at radius 2 is 2.15 bits per heavy atom. The number of aryl methyl sites for hydroxylation is 1. The predicted molar refractivity (Wildman–Crippen MR) is 106 cm³/mol. The van der Waals surface area contributed by atoms with Crippen LogP contribution in [-0.4, -0.2) is 65.2 Å². The molecule has 2 aromatic heterocycles. The molecular formula is C20H26N4O2S. The second-order valence-electron chi connectivity index (χ2n) is 7.07. The molecule has 4 heterocycles. The molecular weight excluding hydrogens is 360 g/mol. The van der Waals surface area contributed by atoms with Gasteiger partial charge in [0.25, 0.3) is 0 Å². The van der Waals surface area contributed by atoms with Gasteiger partial charge in [0, 0.05) is 50.7 Å². The summed E-state index contributed by atoms with van der Waals surface area (Å²) in [4.78, 5) is 21.5. The maximum atomic E-state index is 12.9. The molecule has 2 aromatic rings. The van der Waals surface area contributed by atoms with Crippen molar-refractivity contribution in [3.8, 4) is 0 Å². The average Bonchev–Trinajstić information content (AvgIpc) is 3.41. The first-order valence-corrected chi connectivity index (χ1v) is 10.7. The molecule has 2 aliphatic rings. The van der Waals surface area contributed by atoms with E-state index in [1.165, 1.54) is 0 Å². The molecule has 0 radical (unpaired) electrons. The van der Waals surface area contributed by atoms with Crippen LogP contribution >= 0.6 is 11.8 Å². The van der Waals surface area contributed by atoms with Crippen molar-refractivity contribution in [2.24, 2.45) is 0 Å². The molecule has 2 aliphatic heterocycles. The van der Waals surface area contributed by atoms with Crippen molar-refractivity contribution >= 4 is 17.7 Å². The van der Waals surface area contributed by atoms with Crippen LogP contribution in [0.1, 0.15) is 23.1 Å². The number of nitrogens with zero attached hydrogens (tertiary/aromatic N) is 3. The van der Waals surface area contributed by atoms with Crippen molar-refractivity contribution in [3.63, 3.8) is 0 Å². The van der Waals surface area contributed by atoms with Gasteiger partial charge in [0.2, 0.25) is 5.91 Å². The third kappa shape index (κ3) is 4.72. The minimum Gasteiger partial charge on any atom is -0.469 e. The minimum atomic E-state index is -0.0919. The number of aromatic nitrogens is 1. The van der Waals surface area contributed by atoms with Crippen LogP contribution in [0.3, 0.4) is 0 Å². The molecule has 7 heteroatoms. The Balaban J connectivity index is 1.20. The highest BCUT2D eigenvalue weighted by molar-refractivity contribution is 7.99. The SMILES string of the molecule is O=C(C1CSC(c2cccnc2)N1)N1CCN(CCCc2ccco2)CC1. The number of rotatable bonds is 6. The van der Waals surface area contributed by atoms with Crippen LogP contribution in [0, 0.1) is 0 Å². The van der Waals surface area contributed by atoms with Gasteiger partial charge >= 0.3 is 0 Å². The lowest BCUT2D eigenvalue weighted by molar-refractivity contribution is -0.134. The van der Waals surface area contributed by atoms with Gasteiger partial charge in [-0.2, -0.15) is 0 Å². The third-order valence-electron chi connectivity index (χ3n) is 5.23. The van der Waals surface area contributed by atoms with E-state index >= 15 is 0 Å². The second-order valence-corrected chi connectivity index (χ2v) is 8.21. The van der Waals surface area contributed by atoms with Gasteiger partial charge in [-0.25, -0.2) is 0 Å². The summed E-state index contributed by atoms with van der Waals surface area (Å²) in [5, 5.41) is 3.64. The molecule has 0 bridgehead atoms. The van der Waals surface area contributed by atoms with Gasteiger partial charge in [0.1, 0.15) is 5.76 Å². The van der Waals surface area contributed by atoms with Gasteiger partial charge in [-0.3, -0.25) is 20.0 Å². The molecule has 144 valence electrons. The zero-order valence-corrected chi connectivity index (χ0v) is 16.2. The number of nitrogens with one attached hydrogen (secondary N) is 1. The molecule has 0 saturated carbocycles. The zero-order chi connectivity index (χ0) is 18.5. The highest BCUT2D eigenvalue weighted by atomic mass is 32.2. The topological polar surface area (TPSA) is 61.6 Å². The molecule has 4 rings (SSSR count). The van der Waals surface area contributed by atoms with E-state index in [2.05, 4.69) is 21.3 Å². The average molecular weight is 387 g/mol. The Labute approximate surface area is 164 Å². The Morgan fingerprint density at radius 3 is 2.89 bits per heavy atom. The third-order valence-corrected chi connectivity index (χ3v) is 6.50. The quantitative estimate of drug-likeness (QED) is 0.821. The Morgan fingerprint density at radius 1 is 1.26 bits per heavy atom. The van der Waals surface area contributed by atoms with Gasteiger partial charge in [0.15, 0.2) is 0 Å². The predicted octanol–water partition coefficient (Wildman–Crippen LogP) is 2.16. The Kier molecular flexibility index (Phi) is 6.11. The van der Waals surface area contributed by atoms with Crippen LogP contribution in [0.4, 0.5) is 0 Å². The molecule has 6 nitrogen and oxygen atoms in total. The van der Waals surface area contributed by atoms with Crippen molar-refractivity contribution in [3.05, 3.63) is 54.2 Å². The maximum absolute atomic E-state index is 12.9. The summed E-state index contributed by atoms with van der Waals surface area (Å²) in [5.41, 5.74) is 1.14. The minimum absolute atomic E-state index is 0.0919. The molecule has 1 N–H and O–H groups in total. The van der Waals surface area contributed by atoms with Crippen molar-refractivity contribution in [1.29, 1.82) is 0 Å². The van der Waals surface area contributed by atoms with Crippen LogP contribution in [0.25, 0.3) is 0 Å². The van der Waals surface area contributed by atoms with E-state index < -0.39 is 0 Å². The van der Waals surface area contributed by atoms with Gasteiger partial charge in [-0.05, 0) is 36.7 Å². The fourth-order valence-corrected chi connectivity index (χ4v) is 4.90. The lowest BCUT2D eigenvalue weighted by Crippen LogP contribution is -2.53. The molecule has 2 saturated heterocycles. The van der Waals surface area contributed by atoms with Gasteiger partial charge in [-0.15, -0.1) is 11.8 Å². The first-order chi connectivity index (χ1) is 13.3. The maximum Gasteiger partial charge on any atom is 0.240 e. The van der Waals surface area contributed by atoms with Crippen LogP contribution in [-0.2, 0) is 11.2 Å². The van der Waals surface area contributed by atoms with Crippen molar-refractivity contribution in [2.45, 2.75) is 24.3 Å². The number of furan rings is 1. The van der Waals surface area contributed by atoms with Gasteiger partial charge < -0.3 is 9.32 Å². The van der Waals surface area contributed by atoms with E-state index in [0.29, 0.717) is 0 Å². The van der Waals surface area contributed by atoms with E-state index in [-0.39, 0.29) is 17.3 Å². The number of pyridine rings is 1. The molecule has 2 atom stereocenters. The number of carbonyl (C=O) groups excluding carboxylic acids is 1. The van der Waals surface area contributed by atoms with E-state index in [9.17, 15) is 4.79 Å². The van der Waals surface area contributed by atoms with Crippen molar-refractivity contribution in [1.82, 2.24) is 20.1 Å². The number of hydrogen-bond acceptors (Lipinski definition) is 6. The van der Waals surface area contributed by atoms with E-state index in [1.807, 2.05) is 29.3 Å². The highest BCUT2D eigenvalue weighted by Gasteiger charge is 2.34. The Hall–Kier alpha value is -1.83. The second kappa shape index (κ2) is 8.91. The summed E-state index contributed by atoms with van der Waals surface area (Å²) < 4.78 is 5.38. The summed E-state index contributed by atoms with van der Waals surface area (Å²) in [5.74, 6) is 2.11. The van der Waals surface area contributed by atoms with Crippen LogP contribution < -0.4 is 5.32 Å². The van der Waals surface area contributed by atoms with Gasteiger partial charge in [-0.1, -0.05) is 6.07 Å². The van der Waals surface area contributed by atoms with Crippen LogP contribution in [0.2, 0.25) is 0 Å². The lowest BCUT2D eigenvalue weighted by atomic mass is 10.2. The largest absolute Gasteiger partial charge is 0.469 e. The normalized spacial score (nSPS) is 23.6. The van der Waals surface area contributed by atoms with E-state index in [0.717, 1.165) is 62.6 Å². The van der Waals surface area contributed by atoms with Crippen molar-refractivity contribution < 1.29 is 9.21 Å². The summed E-state index contributed by atoms with van der Waals surface area (Å²) >= 11 is 1.79. The smallest absolute Gasteiger partial charge is 0.240 e. The summed E-state index contributed by atoms with van der Waals surface area (Å²) in [6.07, 6.45) is 7.45. The molecule has 27 heavy (non-hydrogen) atoms. The number of thioether (sulfide) groups is 1. The number of carbonyl (C=O) groups is 1. The lowest BCUT2D eigenvalue weighted by Gasteiger charge is -2.36. The molecule has 0 spiro atoms. The first kappa shape index (κ1) is 18.5. The number of amides is 1. The van der Waals surface area contributed by atoms with Crippen molar-refractivity contribution in [2.75, 3.05) is 38.5 Å². The first-order valence-electron chi connectivity index (χ1n) is 9.61. The number of hydrogen-bond donors (Lipinski definition) is 1. The van der Waals surface area contributed by atoms with E-state index in [4.69, 9.17) is 4.42 Å². The molecule has 2 unspecified atom stereocenters. The van der Waals surface area contributed by atoms with Crippen LogP contribution in [0.15, 0.2) is 47.3 Å². The summed E-state index contributed by atoms with van der Waals surface area (Å²) in [7, 11) is 0. The molecule has 0 aromatic carbocycles. The summed E-state index contributed by atoms with van der Waals surface area (Å²) in [6, 6.07) is 7.88. The standard InChI is InChI=1S/C20H26N4O2S/c25-20(18-15-27-19(22-18)16-4-1-7-21-14-16)24-11-9-23(10-12-24)8-2-5-17-6-3-13-26-17/h1,3-4,6-7,13-14,18-19,22H,2,5,8-12,15H2. The summed E-state index contributed by atoms with van der Waals surface area (Å²) in [6.45, 7) is 4.61. The number of piperazine rings is 1. The molecule has 0 aliphatic carbocycles. The van der Waals surface area contributed by atoms with Gasteiger partial charge in [0.05, 0.1) is 17.7 Å². The molecule has 2 fully saturated rings. The molecule has 1 amide bonds. The zero-order valence-electron chi connectivity index (χ0n) is 15.4. The van der Waals surface area contributed by atoms with Crippen LogP contribution in [0.5, 0.6) is 0 Å². The fourth-order valence-electron chi connectivity index (χ4n) is 3.68. The van der Waals surface area contributed by atoms with E-state index in [1.54, 1.807) is 24.2 Å². The Bertz CT molecular complexity index is 717. The highest BCUT2D eigenvalue weighted by Crippen LogP contribution is 2.32. The fraction of sp³-hybridized carbons (Fsp3) is 0.500.